The Labute approximate surface area is 319 Å². The zero-order valence-electron chi connectivity index (χ0n) is 31.6. The summed E-state index contributed by atoms with van der Waals surface area (Å²) in [6, 6.07) is 45.5. The van der Waals surface area contributed by atoms with E-state index in [9.17, 15) is 0 Å². The molecule has 6 heterocycles. The molecule has 4 nitrogen and oxygen atoms in total. The number of rotatable bonds is 2. The van der Waals surface area contributed by atoms with Crippen molar-refractivity contribution in [1.82, 2.24) is 4.40 Å². The predicted octanol–water partition coefficient (Wildman–Crippen LogP) is 12.2. The molecule has 1 aliphatic carbocycles. The van der Waals surface area contributed by atoms with Gasteiger partial charge in [0, 0.05) is 62.1 Å². The molecule has 0 saturated carbocycles. The number of benzene rings is 5. The first-order chi connectivity index (χ1) is 26.8. The van der Waals surface area contributed by atoms with Gasteiger partial charge in [0.15, 0.2) is 24.1 Å². The van der Waals surface area contributed by atoms with Crippen LogP contribution >= 0.6 is 0 Å². The zero-order chi connectivity index (χ0) is 36.7. The van der Waals surface area contributed by atoms with Gasteiger partial charge >= 0.3 is 0 Å². The average molecular weight is 712 g/mol. The minimum atomic E-state index is 0.0395. The van der Waals surface area contributed by atoms with E-state index in [0.717, 1.165) is 24.0 Å². The molecule has 0 spiro atoms. The predicted molar refractivity (Wildman–Crippen MR) is 225 cm³/mol. The van der Waals surface area contributed by atoms with Gasteiger partial charge in [-0.1, -0.05) is 63.2 Å². The Hall–Kier alpha value is -6.26. The van der Waals surface area contributed by atoms with Gasteiger partial charge in [0.1, 0.15) is 11.2 Å². The van der Waals surface area contributed by atoms with Gasteiger partial charge in [-0.05, 0) is 96.1 Å². The van der Waals surface area contributed by atoms with Crippen LogP contribution in [0.5, 0.6) is 0 Å². The summed E-state index contributed by atoms with van der Waals surface area (Å²) in [6.07, 6.45) is 9.03. The van der Waals surface area contributed by atoms with Gasteiger partial charge in [-0.3, -0.25) is 0 Å². The standard InChI is InChI=1S/C51H41N3O/c1-30-25-45-38(39-29-47-48(40-26-31(51(2,3)4)19-22-46(40)55-47)49-36-15-7-8-18-43(36)54(45)50(39)49)28-37(30)42-17-9-11-23-52(42)32-20-21-35-33-13-5-6-14-34(33)41-16-10-12-24-53(41)44(35)27-32/h5-20,22-26,28-29,35,44H,21,27H2,1-4H3/q+2. The van der Waals surface area contributed by atoms with Crippen molar-refractivity contribution in [1.29, 1.82) is 0 Å². The van der Waals surface area contributed by atoms with Crippen LogP contribution in [0.2, 0.25) is 0 Å². The number of fused-ring (bicyclic) bond motifs is 16. The van der Waals surface area contributed by atoms with Crippen LogP contribution < -0.4 is 9.13 Å². The summed E-state index contributed by atoms with van der Waals surface area (Å²) in [5.41, 5.74) is 16.3. The topological polar surface area (TPSA) is 25.3 Å². The molecule has 0 fully saturated rings. The molecule has 0 N–H and O–H groups in total. The second-order valence-corrected chi connectivity index (χ2v) is 17.0. The quantitative estimate of drug-likeness (QED) is 0.164. The number of allylic oxidation sites excluding steroid dienone is 2. The Balaban J connectivity index is 1.07. The first kappa shape index (κ1) is 31.1. The lowest BCUT2D eigenvalue weighted by Gasteiger charge is -2.32. The number of pyridine rings is 2. The molecule has 0 radical (unpaired) electrons. The van der Waals surface area contributed by atoms with Crippen LogP contribution in [-0.2, 0) is 5.41 Å². The van der Waals surface area contributed by atoms with E-state index in [1.807, 2.05) is 0 Å². The van der Waals surface area contributed by atoms with Crippen molar-refractivity contribution in [2.24, 2.45) is 0 Å². The summed E-state index contributed by atoms with van der Waals surface area (Å²) in [7, 11) is 0. The lowest BCUT2D eigenvalue weighted by Crippen LogP contribution is -2.50. The first-order valence-electron chi connectivity index (χ1n) is 19.7. The molecule has 0 bridgehead atoms. The number of aromatic nitrogens is 3. The maximum Gasteiger partial charge on any atom is 0.218 e. The van der Waals surface area contributed by atoms with E-state index in [2.05, 4.69) is 181 Å². The third-order valence-electron chi connectivity index (χ3n) is 12.9. The lowest BCUT2D eigenvalue weighted by molar-refractivity contribution is -0.720. The van der Waals surface area contributed by atoms with Gasteiger partial charge in [0.2, 0.25) is 11.4 Å². The number of hydrogen-bond donors (Lipinski definition) is 0. The van der Waals surface area contributed by atoms with Crippen molar-refractivity contribution in [3.05, 3.63) is 156 Å². The number of hydrogen-bond acceptors (Lipinski definition) is 1. The zero-order valence-corrected chi connectivity index (χ0v) is 31.6. The third kappa shape index (κ3) is 4.23. The Morgan fingerprint density at radius 3 is 2.35 bits per heavy atom. The summed E-state index contributed by atoms with van der Waals surface area (Å²) >= 11 is 0. The average Bonchev–Trinajstić information content (AvgIpc) is 3.85. The fourth-order valence-corrected chi connectivity index (χ4v) is 10.3. The molecule has 55 heavy (non-hydrogen) atoms. The van der Waals surface area contributed by atoms with Crippen LogP contribution in [0.25, 0.3) is 88.2 Å². The number of aryl methyl sites for hydroxylation is 1. The molecule has 0 saturated heterocycles. The summed E-state index contributed by atoms with van der Waals surface area (Å²) < 4.78 is 14.2. The van der Waals surface area contributed by atoms with E-state index >= 15 is 0 Å². The molecule has 5 aromatic carbocycles. The minimum absolute atomic E-state index is 0.0395. The normalized spacial score (nSPS) is 17.1. The van der Waals surface area contributed by atoms with Crippen molar-refractivity contribution in [2.45, 2.75) is 57.9 Å². The Morgan fingerprint density at radius 1 is 0.655 bits per heavy atom. The molecule has 2 unspecified atom stereocenters. The minimum Gasteiger partial charge on any atom is -0.456 e. The van der Waals surface area contributed by atoms with E-state index in [-0.39, 0.29) is 5.41 Å². The molecule has 2 aliphatic rings. The van der Waals surface area contributed by atoms with Gasteiger partial charge in [0.05, 0.1) is 34.5 Å². The summed E-state index contributed by atoms with van der Waals surface area (Å²) in [4.78, 5) is 0. The van der Waals surface area contributed by atoms with Gasteiger partial charge < -0.3 is 8.82 Å². The van der Waals surface area contributed by atoms with E-state index < -0.39 is 0 Å². The van der Waals surface area contributed by atoms with E-state index in [0.29, 0.717) is 12.0 Å². The number of para-hydroxylation sites is 1. The molecule has 0 amide bonds. The molecule has 12 rings (SSSR count). The monoisotopic (exact) mass is 711 g/mol. The highest BCUT2D eigenvalue weighted by molar-refractivity contribution is 6.34. The SMILES string of the molecule is Cc1cc2c(cc1-c1cccc[n+]1C1=CCC3c4ccccc4-c4cccc[n+]4C3C1)c1cc3oc4ccc(C(C)(C)C)cc4c3c3c4ccccc4n2c13. The van der Waals surface area contributed by atoms with Crippen molar-refractivity contribution >= 4 is 65.7 Å². The highest BCUT2D eigenvalue weighted by Crippen LogP contribution is 2.48. The smallest absolute Gasteiger partial charge is 0.218 e. The van der Waals surface area contributed by atoms with Crippen molar-refractivity contribution in [3.63, 3.8) is 0 Å². The van der Waals surface area contributed by atoms with Crippen LogP contribution in [0, 0.1) is 6.92 Å². The second kappa shape index (κ2) is 10.9. The molecular weight excluding hydrogens is 671 g/mol. The van der Waals surface area contributed by atoms with Crippen molar-refractivity contribution in [3.8, 4) is 22.5 Å². The van der Waals surface area contributed by atoms with E-state index in [1.54, 1.807) is 0 Å². The van der Waals surface area contributed by atoms with Crippen LogP contribution in [0.1, 0.15) is 62.3 Å². The van der Waals surface area contributed by atoms with Crippen LogP contribution in [0.4, 0.5) is 0 Å². The van der Waals surface area contributed by atoms with E-state index in [4.69, 9.17) is 4.42 Å². The first-order valence-corrected chi connectivity index (χ1v) is 19.7. The van der Waals surface area contributed by atoms with Crippen molar-refractivity contribution in [2.75, 3.05) is 0 Å². The highest BCUT2D eigenvalue weighted by atomic mass is 16.3. The summed E-state index contributed by atoms with van der Waals surface area (Å²) in [6.45, 7) is 9.13. The molecular formula is C51H41N3O+2. The van der Waals surface area contributed by atoms with Gasteiger partial charge in [-0.25, -0.2) is 0 Å². The number of furan rings is 1. The van der Waals surface area contributed by atoms with Gasteiger partial charge in [0.25, 0.3) is 0 Å². The van der Waals surface area contributed by atoms with Gasteiger partial charge in [-0.2, -0.15) is 9.13 Å². The maximum atomic E-state index is 6.73. The molecule has 10 aromatic rings. The maximum absolute atomic E-state index is 6.73. The highest BCUT2D eigenvalue weighted by Gasteiger charge is 2.44. The van der Waals surface area contributed by atoms with Crippen LogP contribution in [0.15, 0.2) is 144 Å². The Morgan fingerprint density at radius 2 is 1.45 bits per heavy atom. The lowest BCUT2D eigenvalue weighted by atomic mass is 9.76. The van der Waals surface area contributed by atoms with Crippen LogP contribution in [-0.4, -0.2) is 4.40 Å². The molecule has 4 heteroatoms. The largest absolute Gasteiger partial charge is 0.456 e. The van der Waals surface area contributed by atoms with Gasteiger partial charge in [-0.15, -0.1) is 0 Å². The summed E-state index contributed by atoms with van der Waals surface area (Å²) in [5, 5.41) is 7.46. The molecule has 5 aromatic heterocycles. The molecule has 264 valence electrons. The fourth-order valence-electron chi connectivity index (χ4n) is 10.3. The Bertz CT molecular complexity index is 3280. The third-order valence-corrected chi connectivity index (χ3v) is 12.9. The van der Waals surface area contributed by atoms with E-state index in [1.165, 1.54) is 93.8 Å². The number of nitrogens with zero attached hydrogens (tertiary/aromatic N) is 3. The van der Waals surface area contributed by atoms with Crippen LogP contribution in [0.3, 0.4) is 0 Å². The summed E-state index contributed by atoms with van der Waals surface area (Å²) in [5.74, 6) is 0.453. The Kier molecular flexibility index (Phi) is 6.18. The molecule has 2 atom stereocenters. The fraction of sp³-hybridized carbons (Fsp3) is 0.176. The molecule has 1 aliphatic heterocycles. The van der Waals surface area contributed by atoms with Crippen molar-refractivity contribution < 1.29 is 13.6 Å². The second-order valence-electron chi connectivity index (χ2n) is 17.0.